The highest BCUT2D eigenvalue weighted by molar-refractivity contribution is 5.78. The standard InChI is InChI=1S/C23H28N2O2/c1-27-22-12-5-3-8-18(22)15-25(19-13-14-19)16-23(26)24-21-11-6-9-17-7-2-4-10-20(17)21/h2-5,7-8,10,12,19,21H,6,9,11,13-16H2,1H3,(H,24,26). The molecule has 1 N–H and O–H groups in total. The van der Waals surface area contributed by atoms with Crippen molar-refractivity contribution < 1.29 is 9.53 Å². The summed E-state index contributed by atoms with van der Waals surface area (Å²) in [5, 5.41) is 3.29. The summed E-state index contributed by atoms with van der Waals surface area (Å²) in [7, 11) is 1.70. The summed E-state index contributed by atoms with van der Waals surface area (Å²) in [5.74, 6) is 1.02. The van der Waals surface area contributed by atoms with E-state index >= 15 is 0 Å². The third-order valence-corrected chi connectivity index (χ3v) is 5.68. The van der Waals surface area contributed by atoms with E-state index in [1.807, 2.05) is 18.2 Å². The van der Waals surface area contributed by atoms with Crippen LogP contribution in [0.1, 0.15) is 48.4 Å². The van der Waals surface area contributed by atoms with Crippen LogP contribution in [0.25, 0.3) is 0 Å². The van der Waals surface area contributed by atoms with E-state index < -0.39 is 0 Å². The van der Waals surface area contributed by atoms with E-state index in [4.69, 9.17) is 4.74 Å². The van der Waals surface area contributed by atoms with Crippen molar-refractivity contribution in [1.82, 2.24) is 10.2 Å². The van der Waals surface area contributed by atoms with Gasteiger partial charge in [0.05, 0.1) is 19.7 Å². The first-order chi connectivity index (χ1) is 13.2. The van der Waals surface area contributed by atoms with Crippen LogP contribution in [0.4, 0.5) is 0 Å². The van der Waals surface area contributed by atoms with E-state index in [0.29, 0.717) is 12.6 Å². The molecular formula is C23H28N2O2. The minimum atomic E-state index is 0.124. The number of aryl methyl sites for hydroxylation is 1. The number of hydrogen-bond acceptors (Lipinski definition) is 3. The van der Waals surface area contributed by atoms with Gasteiger partial charge in [-0.25, -0.2) is 0 Å². The van der Waals surface area contributed by atoms with Crippen LogP contribution in [0.2, 0.25) is 0 Å². The lowest BCUT2D eigenvalue weighted by molar-refractivity contribution is -0.123. The fourth-order valence-electron chi connectivity index (χ4n) is 4.13. The van der Waals surface area contributed by atoms with E-state index in [-0.39, 0.29) is 11.9 Å². The molecule has 0 bridgehead atoms. The fraction of sp³-hybridized carbons (Fsp3) is 0.435. The van der Waals surface area contributed by atoms with Crippen LogP contribution in [0.15, 0.2) is 48.5 Å². The van der Waals surface area contributed by atoms with Crippen LogP contribution in [0.5, 0.6) is 5.75 Å². The summed E-state index contributed by atoms with van der Waals surface area (Å²) < 4.78 is 5.48. The molecule has 27 heavy (non-hydrogen) atoms. The zero-order valence-corrected chi connectivity index (χ0v) is 16.0. The quantitative estimate of drug-likeness (QED) is 0.811. The number of carbonyl (C=O) groups excluding carboxylic acids is 1. The molecule has 4 heteroatoms. The Hall–Kier alpha value is -2.33. The predicted molar refractivity (Wildman–Crippen MR) is 107 cm³/mol. The molecule has 4 nitrogen and oxygen atoms in total. The van der Waals surface area contributed by atoms with Crippen LogP contribution < -0.4 is 10.1 Å². The zero-order chi connectivity index (χ0) is 18.6. The Morgan fingerprint density at radius 2 is 1.89 bits per heavy atom. The number of ether oxygens (including phenoxy) is 1. The van der Waals surface area contributed by atoms with Gasteiger partial charge in [-0.1, -0.05) is 42.5 Å². The molecule has 1 atom stereocenters. The fourth-order valence-corrected chi connectivity index (χ4v) is 4.13. The molecule has 0 heterocycles. The van der Waals surface area contributed by atoms with E-state index in [1.54, 1.807) is 7.11 Å². The van der Waals surface area contributed by atoms with Gasteiger partial charge in [-0.05, 0) is 49.3 Å². The van der Waals surface area contributed by atoms with E-state index in [0.717, 1.165) is 37.1 Å². The van der Waals surface area contributed by atoms with Crippen LogP contribution in [0, 0.1) is 0 Å². The van der Waals surface area contributed by atoms with Gasteiger partial charge in [0.25, 0.3) is 0 Å². The molecule has 1 unspecified atom stereocenters. The molecular weight excluding hydrogens is 336 g/mol. The Morgan fingerprint density at radius 1 is 1.11 bits per heavy atom. The predicted octanol–water partition coefficient (Wildman–Crippen LogP) is 3.85. The van der Waals surface area contributed by atoms with Crippen molar-refractivity contribution in [3.05, 3.63) is 65.2 Å². The Labute approximate surface area is 161 Å². The molecule has 0 spiro atoms. The Kier molecular flexibility index (Phi) is 5.44. The first-order valence-electron chi connectivity index (χ1n) is 9.97. The van der Waals surface area contributed by atoms with Gasteiger partial charge in [0.1, 0.15) is 5.75 Å². The minimum absolute atomic E-state index is 0.124. The smallest absolute Gasteiger partial charge is 0.234 e. The summed E-state index contributed by atoms with van der Waals surface area (Å²) in [6, 6.07) is 17.3. The summed E-state index contributed by atoms with van der Waals surface area (Å²) in [4.78, 5) is 15.1. The number of para-hydroxylation sites is 1. The number of methoxy groups -OCH3 is 1. The van der Waals surface area contributed by atoms with Crippen LogP contribution in [-0.4, -0.2) is 30.5 Å². The first-order valence-corrected chi connectivity index (χ1v) is 9.97. The van der Waals surface area contributed by atoms with Crippen molar-refractivity contribution in [2.75, 3.05) is 13.7 Å². The normalized spacial score (nSPS) is 18.8. The first kappa shape index (κ1) is 18.1. The van der Waals surface area contributed by atoms with Gasteiger partial charge in [-0.3, -0.25) is 9.69 Å². The summed E-state index contributed by atoms with van der Waals surface area (Å²) in [5.41, 5.74) is 3.81. The number of amides is 1. The molecule has 0 aliphatic heterocycles. The van der Waals surface area contributed by atoms with Crippen molar-refractivity contribution in [1.29, 1.82) is 0 Å². The van der Waals surface area contributed by atoms with Crippen molar-refractivity contribution in [3.8, 4) is 5.75 Å². The van der Waals surface area contributed by atoms with Crippen molar-refractivity contribution >= 4 is 5.91 Å². The molecule has 2 aliphatic rings. The van der Waals surface area contributed by atoms with Gasteiger partial charge in [-0.2, -0.15) is 0 Å². The molecule has 142 valence electrons. The third kappa shape index (κ3) is 4.33. The monoisotopic (exact) mass is 364 g/mol. The van der Waals surface area contributed by atoms with Gasteiger partial charge < -0.3 is 10.1 Å². The molecule has 4 rings (SSSR count). The van der Waals surface area contributed by atoms with Gasteiger partial charge >= 0.3 is 0 Å². The Morgan fingerprint density at radius 3 is 2.70 bits per heavy atom. The molecule has 0 aromatic heterocycles. The maximum atomic E-state index is 12.8. The zero-order valence-electron chi connectivity index (χ0n) is 16.0. The van der Waals surface area contributed by atoms with E-state index in [2.05, 4.69) is 40.5 Å². The summed E-state index contributed by atoms with van der Waals surface area (Å²) in [6.45, 7) is 1.20. The summed E-state index contributed by atoms with van der Waals surface area (Å²) in [6.07, 6.45) is 5.63. The maximum Gasteiger partial charge on any atom is 0.234 e. The highest BCUT2D eigenvalue weighted by atomic mass is 16.5. The lowest BCUT2D eigenvalue weighted by atomic mass is 9.88. The average molecular weight is 364 g/mol. The highest BCUT2D eigenvalue weighted by Crippen LogP contribution is 2.31. The molecule has 1 amide bonds. The number of carbonyl (C=O) groups is 1. The number of fused-ring (bicyclic) bond motifs is 1. The summed E-state index contributed by atoms with van der Waals surface area (Å²) >= 11 is 0. The molecule has 2 aliphatic carbocycles. The number of nitrogens with zero attached hydrogens (tertiary/aromatic N) is 1. The van der Waals surface area contributed by atoms with E-state index in [9.17, 15) is 4.79 Å². The van der Waals surface area contributed by atoms with Crippen LogP contribution in [-0.2, 0) is 17.8 Å². The second-order valence-corrected chi connectivity index (χ2v) is 7.66. The second-order valence-electron chi connectivity index (χ2n) is 7.66. The number of hydrogen-bond donors (Lipinski definition) is 1. The van der Waals surface area contributed by atoms with Crippen molar-refractivity contribution in [2.45, 2.75) is 50.7 Å². The van der Waals surface area contributed by atoms with Crippen molar-refractivity contribution in [2.24, 2.45) is 0 Å². The largest absolute Gasteiger partial charge is 0.496 e. The maximum absolute atomic E-state index is 12.8. The third-order valence-electron chi connectivity index (χ3n) is 5.68. The number of rotatable bonds is 7. The topological polar surface area (TPSA) is 41.6 Å². The number of benzene rings is 2. The molecule has 0 radical (unpaired) electrons. The second kappa shape index (κ2) is 8.13. The Bertz CT molecular complexity index is 800. The van der Waals surface area contributed by atoms with E-state index in [1.165, 1.54) is 24.0 Å². The van der Waals surface area contributed by atoms with Crippen LogP contribution >= 0.6 is 0 Å². The molecule has 2 aromatic rings. The molecule has 2 aromatic carbocycles. The Balaban J connectivity index is 1.42. The van der Waals surface area contributed by atoms with Gasteiger partial charge in [0, 0.05) is 18.2 Å². The molecule has 0 saturated heterocycles. The van der Waals surface area contributed by atoms with Crippen molar-refractivity contribution in [3.63, 3.8) is 0 Å². The molecule has 1 saturated carbocycles. The minimum Gasteiger partial charge on any atom is -0.496 e. The lowest BCUT2D eigenvalue weighted by Gasteiger charge is -2.28. The van der Waals surface area contributed by atoms with Gasteiger partial charge in [-0.15, -0.1) is 0 Å². The number of nitrogens with one attached hydrogen (secondary N) is 1. The lowest BCUT2D eigenvalue weighted by Crippen LogP contribution is -2.40. The average Bonchev–Trinajstić information content (AvgIpc) is 3.53. The highest BCUT2D eigenvalue weighted by Gasteiger charge is 2.31. The van der Waals surface area contributed by atoms with Gasteiger partial charge in [0.2, 0.25) is 5.91 Å². The SMILES string of the molecule is COc1ccccc1CN(CC(=O)NC1CCCc2ccccc21)C1CC1. The van der Waals surface area contributed by atoms with Gasteiger partial charge in [0.15, 0.2) is 0 Å². The van der Waals surface area contributed by atoms with Crippen LogP contribution in [0.3, 0.4) is 0 Å². The molecule has 1 fully saturated rings.